The molecule has 134 valence electrons. The molecule has 0 saturated heterocycles. The molecule has 0 bridgehead atoms. The Balaban J connectivity index is 1.96. The van der Waals surface area contributed by atoms with E-state index in [1.54, 1.807) is 18.4 Å². The highest BCUT2D eigenvalue weighted by Gasteiger charge is 2.18. The first-order valence-electron chi connectivity index (χ1n) is 8.47. The molecular weight excluding hydrogens is 342 g/mol. The quantitative estimate of drug-likeness (QED) is 0.737. The van der Waals surface area contributed by atoms with Crippen LogP contribution in [0.1, 0.15) is 22.3 Å². The molecule has 0 saturated carbocycles. The maximum atomic E-state index is 12.4. The number of hydrogen-bond acceptors (Lipinski definition) is 4. The van der Waals surface area contributed by atoms with Crippen LogP contribution in [-0.4, -0.2) is 20.9 Å². The molecule has 1 aromatic heterocycles. The fourth-order valence-electron chi connectivity index (χ4n) is 3.16. The Morgan fingerprint density at radius 1 is 1.11 bits per heavy atom. The number of hydrogen-bond donors (Lipinski definition) is 2. The number of H-pyrrole nitrogens is 1. The number of aliphatic imine (C=N–C) groups is 1. The lowest BCUT2D eigenvalue weighted by Crippen LogP contribution is -2.30. The number of aromatic hydroxyl groups is 1. The van der Waals surface area contributed by atoms with Gasteiger partial charge in [0.2, 0.25) is 5.88 Å². The van der Waals surface area contributed by atoms with Gasteiger partial charge in [0, 0.05) is 17.4 Å². The fourth-order valence-corrected chi connectivity index (χ4v) is 3.16. The van der Waals surface area contributed by atoms with Crippen molar-refractivity contribution in [2.75, 3.05) is 0 Å². The molecule has 0 fully saturated rings. The van der Waals surface area contributed by atoms with E-state index in [1.807, 2.05) is 50.2 Å². The van der Waals surface area contributed by atoms with Gasteiger partial charge in [-0.25, -0.2) is 9.36 Å². The third kappa shape index (κ3) is 2.81. The molecule has 0 unspecified atom stereocenters. The molecule has 6 heteroatoms. The summed E-state index contributed by atoms with van der Waals surface area (Å²) in [6.45, 7) is 3.73. The molecule has 0 atom stereocenters. The lowest BCUT2D eigenvalue weighted by Gasteiger charge is -2.13. The van der Waals surface area contributed by atoms with Crippen molar-refractivity contribution in [1.29, 1.82) is 0 Å². The number of para-hydroxylation sites is 1. The van der Waals surface area contributed by atoms with Gasteiger partial charge in [0.15, 0.2) is 0 Å². The normalized spacial score (nSPS) is 13.9. The fraction of sp³-hybridized carbons (Fsp3) is 0.0952. The van der Waals surface area contributed by atoms with E-state index in [-0.39, 0.29) is 5.56 Å². The highest BCUT2D eigenvalue weighted by atomic mass is 16.3. The third-order valence-electron chi connectivity index (χ3n) is 4.58. The smallest absolute Gasteiger partial charge is 0.335 e. The van der Waals surface area contributed by atoms with Crippen LogP contribution in [-0.2, 0) is 0 Å². The summed E-state index contributed by atoms with van der Waals surface area (Å²) in [4.78, 5) is 31.4. The van der Waals surface area contributed by atoms with Crippen LogP contribution >= 0.6 is 0 Å². The van der Waals surface area contributed by atoms with E-state index in [1.165, 1.54) is 0 Å². The second kappa shape index (κ2) is 6.25. The van der Waals surface area contributed by atoms with E-state index in [4.69, 9.17) is 0 Å². The predicted molar refractivity (Wildman–Crippen MR) is 106 cm³/mol. The Labute approximate surface area is 154 Å². The first-order valence-corrected chi connectivity index (χ1v) is 8.47. The van der Waals surface area contributed by atoms with Crippen molar-refractivity contribution in [3.8, 4) is 11.6 Å². The minimum absolute atomic E-state index is 0.00802. The molecule has 27 heavy (non-hydrogen) atoms. The lowest BCUT2D eigenvalue weighted by atomic mass is 10.1. The van der Waals surface area contributed by atoms with Gasteiger partial charge in [-0.15, -0.1) is 0 Å². The molecule has 2 N–H and O–H groups in total. The van der Waals surface area contributed by atoms with Gasteiger partial charge in [0.25, 0.3) is 5.56 Å². The van der Waals surface area contributed by atoms with Gasteiger partial charge >= 0.3 is 5.69 Å². The van der Waals surface area contributed by atoms with Crippen LogP contribution in [0.4, 0.5) is 5.69 Å². The monoisotopic (exact) mass is 359 g/mol. The van der Waals surface area contributed by atoms with E-state index < -0.39 is 17.1 Å². The summed E-state index contributed by atoms with van der Waals surface area (Å²) in [5.41, 5.74) is 3.28. The number of aryl methyl sites for hydroxylation is 2. The summed E-state index contributed by atoms with van der Waals surface area (Å²) in [6, 6.07) is 13.1. The van der Waals surface area contributed by atoms with E-state index >= 15 is 0 Å². The minimum atomic E-state index is -0.686. The van der Waals surface area contributed by atoms with E-state index in [2.05, 4.69) is 9.98 Å². The highest BCUT2D eigenvalue weighted by molar-refractivity contribution is 6.21. The molecule has 0 spiro atoms. The SMILES string of the molecule is Cc1ccc(C)c(-n2c(O)c(C=C3C=Nc4ccccc43)c(=O)[nH]c2=O)c1. The Bertz CT molecular complexity index is 1250. The van der Waals surface area contributed by atoms with E-state index in [0.717, 1.165) is 26.9 Å². The summed E-state index contributed by atoms with van der Waals surface area (Å²) in [6.07, 6.45) is 3.18. The lowest BCUT2D eigenvalue weighted by molar-refractivity contribution is 0.429. The number of rotatable bonds is 2. The van der Waals surface area contributed by atoms with Crippen LogP contribution in [0.5, 0.6) is 5.88 Å². The minimum Gasteiger partial charge on any atom is -0.494 e. The number of nitrogens with one attached hydrogen (secondary N) is 1. The largest absolute Gasteiger partial charge is 0.494 e. The van der Waals surface area contributed by atoms with Gasteiger partial charge in [-0.3, -0.25) is 14.8 Å². The average Bonchev–Trinajstić information content (AvgIpc) is 3.04. The van der Waals surface area contributed by atoms with Crippen molar-refractivity contribution in [1.82, 2.24) is 9.55 Å². The molecule has 2 aromatic carbocycles. The Kier molecular flexibility index (Phi) is 3.88. The van der Waals surface area contributed by atoms with Gasteiger partial charge in [-0.1, -0.05) is 30.3 Å². The molecule has 0 aliphatic carbocycles. The van der Waals surface area contributed by atoms with Crippen LogP contribution in [0.25, 0.3) is 17.3 Å². The summed E-state index contributed by atoms with van der Waals surface area (Å²) in [7, 11) is 0. The molecule has 4 rings (SSSR count). The van der Waals surface area contributed by atoms with Crippen molar-refractivity contribution in [3.63, 3.8) is 0 Å². The summed E-state index contributed by atoms with van der Waals surface area (Å²) in [5.74, 6) is -0.400. The Morgan fingerprint density at radius 3 is 2.70 bits per heavy atom. The summed E-state index contributed by atoms with van der Waals surface area (Å²) >= 11 is 0. The molecule has 1 aliphatic heterocycles. The van der Waals surface area contributed by atoms with Crippen molar-refractivity contribution in [2.45, 2.75) is 13.8 Å². The number of aromatic nitrogens is 2. The zero-order chi connectivity index (χ0) is 19.1. The molecule has 0 amide bonds. The molecule has 0 radical (unpaired) electrons. The molecule has 1 aliphatic rings. The summed E-state index contributed by atoms with van der Waals surface area (Å²) in [5, 5.41) is 10.8. The van der Waals surface area contributed by atoms with E-state index in [9.17, 15) is 14.7 Å². The van der Waals surface area contributed by atoms with Crippen LogP contribution in [0, 0.1) is 13.8 Å². The highest BCUT2D eigenvalue weighted by Crippen LogP contribution is 2.33. The molecule has 3 aromatic rings. The number of allylic oxidation sites excluding steroid dienone is 1. The maximum absolute atomic E-state index is 12.4. The number of fused-ring (bicyclic) bond motifs is 1. The molecular formula is C21H17N3O3. The van der Waals surface area contributed by atoms with Gasteiger partial charge in [0.05, 0.1) is 11.4 Å². The topological polar surface area (TPSA) is 87.4 Å². The number of benzene rings is 2. The van der Waals surface area contributed by atoms with Crippen LogP contribution in [0.15, 0.2) is 57.0 Å². The standard InChI is InChI=1S/C21H17N3O3/c1-12-7-8-13(2)18(9-12)24-20(26)16(19(25)23-21(24)27)10-14-11-22-17-6-4-3-5-15(14)17/h3-11,26H,1-2H3,(H,23,25,27). The van der Waals surface area contributed by atoms with Gasteiger partial charge in [-0.05, 0) is 43.2 Å². The zero-order valence-corrected chi connectivity index (χ0v) is 14.9. The zero-order valence-electron chi connectivity index (χ0n) is 14.9. The first kappa shape index (κ1) is 16.8. The van der Waals surface area contributed by atoms with Crippen molar-refractivity contribution < 1.29 is 5.11 Å². The summed E-state index contributed by atoms with van der Waals surface area (Å²) < 4.78 is 1.12. The Morgan fingerprint density at radius 2 is 1.89 bits per heavy atom. The van der Waals surface area contributed by atoms with E-state index in [0.29, 0.717) is 11.3 Å². The predicted octanol–water partition coefficient (Wildman–Crippen LogP) is 3.10. The first-order chi connectivity index (χ1) is 13.0. The van der Waals surface area contributed by atoms with Crippen molar-refractivity contribution >= 4 is 23.6 Å². The third-order valence-corrected chi connectivity index (χ3v) is 4.58. The van der Waals surface area contributed by atoms with Gasteiger partial charge < -0.3 is 5.11 Å². The van der Waals surface area contributed by atoms with Crippen LogP contribution in [0.2, 0.25) is 0 Å². The van der Waals surface area contributed by atoms with Crippen molar-refractivity contribution in [3.05, 3.63) is 85.6 Å². The Hall–Kier alpha value is -3.67. The van der Waals surface area contributed by atoms with Gasteiger partial charge in [0.1, 0.15) is 5.56 Å². The molecule has 6 nitrogen and oxygen atoms in total. The maximum Gasteiger partial charge on any atom is 0.335 e. The second-order valence-electron chi connectivity index (χ2n) is 6.50. The number of nitrogens with zero attached hydrogens (tertiary/aromatic N) is 2. The van der Waals surface area contributed by atoms with Crippen molar-refractivity contribution in [2.24, 2.45) is 4.99 Å². The number of aromatic amines is 1. The van der Waals surface area contributed by atoms with Crippen LogP contribution in [0.3, 0.4) is 0 Å². The second-order valence-corrected chi connectivity index (χ2v) is 6.50. The molecule has 2 heterocycles. The van der Waals surface area contributed by atoms with Gasteiger partial charge in [-0.2, -0.15) is 0 Å². The van der Waals surface area contributed by atoms with Crippen LogP contribution < -0.4 is 11.2 Å². The average molecular weight is 359 g/mol.